The predicted octanol–water partition coefficient (Wildman–Crippen LogP) is 2.99. The van der Waals surface area contributed by atoms with E-state index >= 15 is 0 Å². The lowest BCUT2D eigenvalue weighted by Gasteiger charge is -2.14. The summed E-state index contributed by atoms with van der Waals surface area (Å²) in [5.41, 5.74) is 5.06. The first kappa shape index (κ1) is 19.1. The molecule has 1 heterocycles. The molecule has 0 saturated heterocycles. The molecule has 2 N–H and O–H groups in total. The van der Waals surface area contributed by atoms with Gasteiger partial charge in [0.1, 0.15) is 5.75 Å². The molecule has 27 heavy (non-hydrogen) atoms. The summed E-state index contributed by atoms with van der Waals surface area (Å²) in [5, 5.41) is 6.77. The lowest BCUT2D eigenvalue weighted by atomic mass is 10.1. The Morgan fingerprint density at radius 2 is 2.00 bits per heavy atom. The van der Waals surface area contributed by atoms with Gasteiger partial charge in [-0.3, -0.25) is 0 Å². The molecule has 3 rings (SSSR count). The van der Waals surface area contributed by atoms with Gasteiger partial charge in [0.25, 0.3) is 0 Å². The summed E-state index contributed by atoms with van der Waals surface area (Å²) in [6.45, 7) is 5.25. The number of benzene rings is 2. The van der Waals surface area contributed by atoms with E-state index in [2.05, 4.69) is 79.0 Å². The van der Waals surface area contributed by atoms with Gasteiger partial charge in [0.2, 0.25) is 0 Å². The van der Waals surface area contributed by atoms with Crippen molar-refractivity contribution in [1.29, 1.82) is 0 Å². The van der Waals surface area contributed by atoms with Crippen molar-refractivity contribution in [2.24, 2.45) is 4.99 Å². The Balaban J connectivity index is 1.55. The zero-order chi connectivity index (χ0) is 19.1. The van der Waals surface area contributed by atoms with Crippen LogP contribution in [0.15, 0.2) is 47.5 Å². The van der Waals surface area contributed by atoms with Gasteiger partial charge in [-0.05, 0) is 48.2 Å². The number of ether oxygens (including phenoxy) is 1. The van der Waals surface area contributed by atoms with Crippen molar-refractivity contribution in [3.05, 3.63) is 59.2 Å². The van der Waals surface area contributed by atoms with Crippen molar-refractivity contribution >= 4 is 11.6 Å². The highest BCUT2D eigenvalue weighted by Crippen LogP contribution is 2.25. The zero-order valence-electron chi connectivity index (χ0n) is 16.6. The highest BCUT2D eigenvalue weighted by Gasteiger charge is 2.11. The van der Waals surface area contributed by atoms with Crippen molar-refractivity contribution in [2.45, 2.75) is 26.3 Å². The number of hydrogen-bond acceptors (Lipinski definition) is 3. The standard InChI is InChI=1S/C22H30N4O/c1-4-23-22(25-16-18-6-5-7-20(15-18)26(2)3)24-12-10-17-8-9-21-19(14-17)11-13-27-21/h5-9,14-15H,4,10-13,16H2,1-3H3,(H2,23,24,25). The summed E-state index contributed by atoms with van der Waals surface area (Å²) in [4.78, 5) is 6.84. The first-order chi connectivity index (χ1) is 13.2. The van der Waals surface area contributed by atoms with Gasteiger partial charge >= 0.3 is 0 Å². The number of anilines is 1. The van der Waals surface area contributed by atoms with Crippen LogP contribution in [0.5, 0.6) is 5.75 Å². The smallest absolute Gasteiger partial charge is 0.191 e. The maximum Gasteiger partial charge on any atom is 0.191 e. The molecule has 144 valence electrons. The first-order valence-electron chi connectivity index (χ1n) is 9.68. The van der Waals surface area contributed by atoms with Gasteiger partial charge in [0.15, 0.2) is 5.96 Å². The average Bonchev–Trinajstić information content (AvgIpc) is 3.14. The fourth-order valence-corrected chi connectivity index (χ4v) is 3.17. The average molecular weight is 367 g/mol. The number of nitrogens with one attached hydrogen (secondary N) is 2. The molecule has 0 radical (unpaired) electrons. The maximum absolute atomic E-state index is 5.58. The normalized spacial score (nSPS) is 13.1. The molecule has 1 aliphatic heterocycles. The Morgan fingerprint density at radius 1 is 1.11 bits per heavy atom. The van der Waals surface area contributed by atoms with Crippen molar-refractivity contribution in [3.63, 3.8) is 0 Å². The quantitative estimate of drug-likeness (QED) is 0.584. The summed E-state index contributed by atoms with van der Waals surface area (Å²) in [6.07, 6.45) is 1.99. The maximum atomic E-state index is 5.58. The van der Waals surface area contributed by atoms with Gasteiger partial charge in [-0.15, -0.1) is 0 Å². The minimum absolute atomic E-state index is 0.660. The number of rotatable bonds is 7. The minimum atomic E-state index is 0.660. The summed E-state index contributed by atoms with van der Waals surface area (Å²) in [5.74, 6) is 1.90. The topological polar surface area (TPSA) is 48.9 Å². The van der Waals surface area contributed by atoms with E-state index in [4.69, 9.17) is 9.73 Å². The van der Waals surface area contributed by atoms with E-state index in [1.165, 1.54) is 22.4 Å². The van der Waals surface area contributed by atoms with Crippen molar-refractivity contribution < 1.29 is 4.74 Å². The van der Waals surface area contributed by atoms with Gasteiger partial charge < -0.3 is 20.3 Å². The monoisotopic (exact) mass is 366 g/mol. The molecule has 0 bridgehead atoms. The molecule has 0 aromatic heterocycles. The third-order valence-electron chi connectivity index (χ3n) is 4.65. The molecule has 2 aromatic rings. The van der Waals surface area contributed by atoms with Crippen molar-refractivity contribution in [1.82, 2.24) is 10.6 Å². The lowest BCUT2D eigenvalue weighted by molar-refractivity contribution is 0.357. The Labute approximate surface area is 162 Å². The molecule has 0 spiro atoms. The second-order valence-corrected chi connectivity index (χ2v) is 6.98. The van der Waals surface area contributed by atoms with Crippen LogP contribution < -0.4 is 20.3 Å². The number of guanidine groups is 1. The summed E-state index contributed by atoms with van der Waals surface area (Å²) >= 11 is 0. The number of fused-ring (bicyclic) bond motifs is 1. The van der Waals surface area contributed by atoms with Crippen LogP contribution in [0.1, 0.15) is 23.6 Å². The van der Waals surface area contributed by atoms with Gasteiger partial charge in [-0.1, -0.05) is 24.3 Å². The fourth-order valence-electron chi connectivity index (χ4n) is 3.17. The molecular formula is C22H30N4O. The molecule has 5 heteroatoms. The van der Waals surface area contributed by atoms with E-state index in [9.17, 15) is 0 Å². The molecule has 0 unspecified atom stereocenters. The molecule has 0 fully saturated rings. The van der Waals surface area contributed by atoms with Gasteiger partial charge in [0.05, 0.1) is 13.2 Å². The lowest BCUT2D eigenvalue weighted by Crippen LogP contribution is -2.38. The second-order valence-electron chi connectivity index (χ2n) is 6.98. The van der Waals surface area contributed by atoms with Crippen LogP contribution in [0.25, 0.3) is 0 Å². The van der Waals surface area contributed by atoms with Crippen LogP contribution in [0, 0.1) is 0 Å². The molecular weight excluding hydrogens is 336 g/mol. The molecule has 5 nitrogen and oxygen atoms in total. The van der Waals surface area contributed by atoms with Gasteiger partial charge in [0, 0.05) is 39.3 Å². The molecule has 1 aliphatic rings. The van der Waals surface area contributed by atoms with E-state index in [0.29, 0.717) is 6.54 Å². The van der Waals surface area contributed by atoms with E-state index < -0.39 is 0 Å². The number of nitrogens with zero attached hydrogens (tertiary/aromatic N) is 2. The summed E-state index contributed by atoms with van der Waals surface area (Å²) < 4.78 is 5.58. The molecule has 0 aliphatic carbocycles. The van der Waals surface area contributed by atoms with Crippen LogP contribution in [0.3, 0.4) is 0 Å². The summed E-state index contributed by atoms with van der Waals surface area (Å²) in [6, 6.07) is 15.0. The SMILES string of the molecule is CCNC(=NCc1cccc(N(C)C)c1)NCCc1ccc2c(c1)CCO2. The van der Waals surface area contributed by atoms with E-state index in [0.717, 1.165) is 44.2 Å². The molecule has 0 atom stereocenters. The third kappa shape index (κ3) is 5.39. The van der Waals surface area contributed by atoms with Crippen LogP contribution in [0.4, 0.5) is 5.69 Å². The number of hydrogen-bond donors (Lipinski definition) is 2. The highest BCUT2D eigenvalue weighted by atomic mass is 16.5. The molecule has 2 aromatic carbocycles. The number of aliphatic imine (C=N–C) groups is 1. The van der Waals surface area contributed by atoms with Gasteiger partial charge in [-0.25, -0.2) is 4.99 Å². The second kappa shape index (κ2) is 9.31. The predicted molar refractivity (Wildman–Crippen MR) is 113 cm³/mol. The van der Waals surface area contributed by atoms with Crippen LogP contribution in [-0.4, -0.2) is 39.8 Å². The van der Waals surface area contributed by atoms with Crippen molar-refractivity contribution in [2.75, 3.05) is 38.7 Å². The Bertz CT molecular complexity index is 786. The van der Waals surface area contributed by atoms with E-state index in [-0.39, 0.29) is 0 Å². The first-order valence-corrected chi connectivity index (χ1v) is 9.68. The third-order valence-corrected chi connectivity index (χ3v) is 4.65. The molecule has 0 amide bonds. The van der Waals surface area contributed by atoms with Crippen molar-refractivity contribution in [3.8, 4) is 5.75 Å². The zero-order valence-corrected chi connectivity index (χ0v) is 16.6. The summed E-state index contributed by atoms with van der Waals surface area (Å²) in [7, 11) is 4.11. The van der Waals surface area contributed by atoms with E-state index in [1.807, 2.05) is 0 Å². The Hall–Kier alpha value is -2.69. The minimum Gasteiger partial charge on any atom is -0.493 e. The van der Waals surface area contributed by atoms with Crippen LogP contribution in [0.2, 0.25) is 0 Å². The van der Waals surface area contributed by atoms with E-state index in [1.54, 1.807) is 0 Å². The van der Waals surface area contributed by atoms with Crippen LogP contribution >= 0.6 is 0 Å². The fraction of sp³-hybridized carbons (Fsp3) is 0.409. The van der Waals surface area contributed by atoms with Gasteiger partial charge in [-0.2, -0.15) is 0 Å². The molecule has 0 saturated carbocycles. The highest BCUT2D eigenvalue weighted by molar-refractivity contribution is 5.79. The largest absolute Gasteiger partial charge is 0.493 e. The van der Waals surface area contributed by atoms with Crippen LogP contribution in [-0.2, 0) is 19.4 Å². The Morgan fingerprint density at radius 3 is 2.81 bits per heavy atom. The Kier molecular flexibility index (Phi) is 6.58.